The van der Waals surface area contributed by atoms with Gasteiger partial charge in [-0.25, -0.2) is 8.78 Å². The van der Waals surface area contributed by atoms with E-state index in [-0.39, 0.29) is 5.56 Å². The van der Waals surface area contributed by atoms with E-state index in [2.05, 4.69) is 15.5 Å². The predicted molar refractivity (Wildman–Crippen MR) is 62.4 cm³/mol. The highest BCUT2D eigenvalue weighted by molar-refractivity contribution is 6.04. The molecule has 0 unspecified atom stereocenters. The molecule has 18 heavy (non-hydrogen) atoms. The van der Waals surface area contributed by atoms with Crippen molar-refractivity contribution in [2.24, 2.45) is 0 Å². The van der Waals surface area contributed by atoms with Gasteiger partial charge in [0.1, 0.15) is 11.6 Å². The Balaban J connectivity index is 2.25. The van der Waals surface area contributed by atoms with E-state index in [1.54, 1.807) is 13.8 Å². The molecule has 2 N–H and O–H groups in total. The quantitative estimate of drug-likeness (QED) is 0.861. The molecule has 0 aliphatic carbocycles. The standard InChI is InChI=1S/C12H11F2N3O/c1-6-7(2)16-17-11(6)15-12(18)9-4-3-8(13)5-10(9)14/h3-5H,1-2H3,(H2,15,16,17,18). The highest BCUT2D eigenvalue weighted by Gasteiger charge is 2.15. The first-order valence-electron chi connectivity index (χ1n) is 5.27. The fourth-order valence-electron chi connectivity index (χ4n) is 1.46. The number of halogens is 2. The van der Waals surface area contributed by atoms with E-state index in [1.165, 1.54) is 0 Å². The molecule has 4 nitrogen and oxygen atoms in total. The topological polar surface area (TPSA) is 57.8 Å². The number of amides is 1. The van der Waals surface area contributed by atoms with Gasteiger partial charge in [0.15, 0.2) is 5.82 Å². The van der Waals surface area contributed by atoms with Gasteiger partial charge in [0.25, 0.3) is 5.91 Å². The first kappa shape index (κ1) is 12.2. The number of hydrogen-bond donors (Lipinski definition) is 2. The lowest BCUT2D eigenvalue weighted by molar-refractivity contribution is 0.102. The third kappa shape index (κ3) is 2.22. The van der Waals surface area contributed by atoms with E-state index in [9.17, 15) is 13.6 Å². The molecule has 2 aromatic rings. The van der Waals surface area contributed by atoms with Crippen molar-refractivity contribution in [1.29, 1.82) is 0 Å². The van der Waals surface area contributed by atoms with Crippen LogP contribution in [0.15, 0.2) is 18.2 Å². The van der Waals surface area contributed by atoms with Crippen molar-refractivity contribution < 1.29 is 13.6 Å². The van der Waals surface area contributed by atoms with Gasteiger partial charge in [-0.3, -0.25) is 9.89 Å². The van der Waals surface area contributed by atoms with E-state index >= 15 is 0 Å². The van der Waals surface area contributed by atoms with Gasteiger partial charge in [-0.1, -0.05) is 0 Å². The second-order valence-electron chi connectivity index (χ2n) is 3.90. The lowest BCUT2D eigenvalue weighted by Gasteiger charge is -2.04. The van der Waals surface area contributed by atoms with Crippen LogP contribution in [0.3, 0.4) is 0 Å². The Labute approximate surface area is 102 Å². The molecule has 1 aromatic carbocycles. The van der Waals surface area contributed by atoms with E-state index < -0.39 is 17.5 Å². The molecule has 1 amide bonds. The van der Waals surface area contributed by atoms with Gasteiger partial charge in [0.05, 0.1) is 5.56 Å². The normalized spacial score (nSPS) is 10.4. The smallest absolute Gasteiger partial charge is 0.259 e. The van der Waals surface area contributed by atoms with Gasteiger partial charge in [-0.2, -0.15) is 5.10 Å². The fraction of sp³-hybridized carbons (Fsp3) is 0.167. The third-order valence-electron chi connectivity index (χ3n) is 2.66. The summed E-state index contributed by atoms with van der Waals surface area (Å²) in [6, 6.07) is 2.78. The molecule has 0 aliphatic rings. The zero-order valence-corrected chi connectivity index (χ0v) is 9.84. The van der Waals surface area contributed by atoms with E-state index in [4.69, 9.17) is 0 Å². The molecule has 94 valence electrons. The minimum Gasteiger partial charge on any atom is -0.305 e. The summed E-state index contributed by atoms with van der Waals surface area (Å²) >= 11 is 0. The highest BCUT2D eigenvalue weighted by Crippen LogP contribution is 2.16. The maximum absolute atomic E-state index is 13.4. The Morgan fingerprint density at radius 2 is 2.06 bits per heavy atom. The van der Waals surface area contributed by atoms with Gasteiger partial charge in [0.2, 0.25) is 0 Å². The average Bonchev–Trinajstić information content (AvgIpc) is 2.61. The summed E-state index contributed by atoms with van der Waals surface area (Å²) in [5, 5.41) is 9.04. The van der Waals surface area contributed by atoms with Crippen LogP contribution < -0.4 is 5.32 Å². The Bertz CT molecular complexity index is 607. The molecule has 0 spiro atoms. The molecule has 0 radical (unpaired) electrons. The Kier molecular flexibility index (Phi) is 3.10. The molecule has 1 heterocycles. The van der Waals surface area contributed by atoms with Gasteiger partial charge in [-0.05, 0) is 26.0 Å². The first-order valence-corrected chi connectivity index (χ1v) is 5.27. The number of H-pyrrole nitrogens is 1. The van der Waals surface area contributed by atoms with Crippen LogP contribution >= 0.6 is 0 Å². The van der Waals surface area contributed by atoms with Crippen molar-refractivity contribution in [2.75, 3.05) is 5.32 Å². The van der Waals surface area contributed by atoms with Gasteiger partial charge in [-0.15, -0.1) is 0 Å². The molecule has 0 atom stereocenters. The number of hydrogen-bond acceptors (Lipinski definition) is 2. The molecular formula is C12H11F2N3O. The molecule has 1 aromatic heterocycles. The summed E-state index contributed by atoms with van der Waals surface area (Å²) in [5.74, 6) is -1.96. The molecule has 0 bridgehead atoms. The summed E-state index contributed by atoms with van der Waals surface area (Å²) in [7, 11) is 0. The minimum absolute atomic E-state index is 0.226. The maximum atomic E-state index is 13.4. The SMILES string of the molecule is Cc1[nH]nc(NC(=O)c2ccc(F)cc2F)c1C. The summed E-state index contributed by atoms with van der Waals surface area (Å²) in [6.07, 6.45) is 0. The first-order chi connectivity index (χ1) is 8.49. The lowest BCUT2D eigenvalue weighted by atomic mass is 10.2. The number of aryl methyl sites for hydroxylation is 1. The summed E-state index contributed by atoms with van der Waals surface area (Å²) in [4.78, 5) is 11.8. The van der Waals surface area contributed by atoms with Gasteiger partial charge in [0, 0.05) is 17.3 Å². The van der Waals surface area contributed by atoms with Crippen LogP contribution in [-0.4, -0.2) is 16.1 Å². The third-order valence-corrected chi connectivity index (χ3v) is 2.66. The summed E-state index contributed by atoms with van der Waals surface area (Å²) in [5.41, 5.74) is 1.35. The van der Waals surface area contributed by atoms with E-state index in [1.807, 2.05) is 0 Å². The van der Waals surface area contributed by atoms with Crippen molar-refractivity contribution in [2.45, 2.75) is 13.8 Å². The molecule has 0 aliphatic heterocycles. The van der Waals surface area contributed by atoms with Crippen LogP contribution in [-0.2, 0) is 0 Å². The van der Waals surface area contributed by atoms with Crippen LogP contribution in [0.2, 0.25) is 0 Å². The predicted octanol–water partition coefficient (Wildman–Crippen LogP) is 2.56. The monoisotopic (exact) mass is 251 g/mol. The lowest BCUT2D eigenvalue weighted by Crippen LogP contribution is -2.14. The van der Waals surface area contributed by atoms with E-state index in [0.29, 0.717) is 11.9 Å². The highest BCUT2D eigenvalue weighted by atomic mass is 19.1. The second kappa shape index (κ2) is 4.56. The number of benzene rings is 1. The van der Waals surface area contributed by atoms with Crippen LogP contribution in [0.1, 0.15) is 21.6 Å². The van der Waals surface area contributed by atoms with Crippen molar-refractivity contribution in [3.8, 4) is 0 Å². The average molecular weight is 251 g/mol. The molecular weight excluding hydrogens is 240 g/mol. The molecule has 0 fully saturated rings. The Morgan fingerprint density at radius 3 is 2.61 bits per heavy atom. The number of rotatable bonds is 2. The zero-order chi connectivity index (χ0) is 13.3. The second-order valence-corrected chi connectivity index (χ2v) is 3.90. The van der Waals surface area contributed by atoms with Crippen molar-refractivity contribution in [1.82, 2.24) is 10.2 Å². The fourth-order valence-corrected chi connectivity index (χ4v) is 1.46. The minimum atomic E-state index is -0.905. The molecule has 6 heteroatoms. The van der Waals surface area contributed by atoms with Crippen LogP contribution in [0.4, 0.5) is 14.6 Å². The van der Waals surface area contributed by atoms with Crippen LogP contribution in [0.25, 0.3) is 0 Å². The van der Waals surface area contributed by atoms with Crippen molar-refractivity contribution in [3.05, 3.63) is 46.7 Å². The number of aromatic amines is 1. The van der Waals surface area contributed by atoms with Gasteiger partial charge < -0.3 is 5.32 Å². The maximum Gasteiger partial charge on any atom is 0.259 e. The summed E-state index contributed by atoms with van der Waals surface area (Å²) in [6.45, 7) is 3.58. The number of carbonyl (C=O) groups is 1. The largest absolute Gasteiger partial charge is 0.305 e. The number of anilines is 1. The number of aromatic nitrogens is 2. The molecule has 0 saturated carbocycles. The number of nitrogens with one attached hydrogen (secondary N) is 2. The zero-order valence-electron chi connectivity index (χ0n) is 9.84. The van der Waals surface area contributed by atoms with Crippen molar-refractivity contribution >= 4 is 11.7 Å². The molecule has 0 saturated heterocycles. The Morgan fingerprint density at radius 1 is 1.33 bits per heavy atom. The number of nitrogens with zero attached hydrogens (tertiary/aromatic N) is 1. The van der Waals surface area contributed by atoms with Crippen LogP contribution in [0.5, 0.6) is 0 Å². The summed E-state index contributed by atoms with van der Waals surface area (Å²) < 4.78 is 26.1. The van der Waals surface area contributed by atoms with E-state index in [0.717, 1.165) is 23.4 Å². The van der Waals surface area contributed by atoms with Crippen LogP contribution in [0, 0.1) is 25.5 Å². The van der Waals surface area contributed by atoms with Gasteiger partial charge >= 0.3 is 0 Å². The Hall–Kier alpha value is -2.24. The number of carbonyl (C=O) groups excluding carboxylic acids is 1. The van der Waals surface area contributed by atoms with Crippen molar-refractivity contribution in [3.63, 3.8) is 0 Å². The molecule has 2 rings (SSSR count).